The number of hydrogen-bond acceptors (Lipinski definition) is 5. The smallest absolute Gasteiger partial charge is 0.246 e. The van der Waals surface area contributed by atoms with Gasteiger partial charge in [-0.05, 0) is 48.6 Å². The van der Waals surface area contributed by atoms with Gasteiger partial charge in [0.1, 0.15) is 5.82 Å². The zero-order valence-electron chi connectivity index (χ0n) is 18.4. The number of amides is 1. The van der Waals surface area contributed by atoms with Crippen LogP contribution in [-0.2, 0) is 17.6 Å². The standard InChI is InChI=1S/C25H30FN5O/c26-21-4-1-3-19(17-21)7-8-24(32)30-11-9-20-18-27-25(28-23(20)10-12-30)31-15-13-29(14-16-31)22-5-2-6-22/h1,3-4,7-8,17-18,22H,2,5-6,9-16H2. The summed E-state index contributed by atoms with van der Waals surface area (Å²) in [6.45, 7) is 5.40. The Balaban J connectivity index is 1.19. The molecule has 1 aliphatic carbocycles. The minimum absolute atomic E-state index is 0.0534. The summed E-state index contributed by atoms with van der Waals surface area (Å²) in [7, 11) is 0. The number of fused-ring (bicyclic) bond motifs is 1. The summed E-state index contributed by atoms with van der Waals surface area (Å²) in [5.41, 5.74) is 2.87. The summed E-state index contributed by atoms with van der Waals surface area (Å²) in [5.74, 6) is 0.466. The molecule has 1 aromatic heterocycles. The van der Waals surface area contributed by atoms with Crippen LogP contribution in [0.4, 0.5) is 10.3 Å². The molecule has 6 nitrogen and oxygen atoms in total. The molecule has 1 saturated carbocycles. The van der Waals surface area contributed by atoms with Crippen molar-refractivity contribution in [2.24, 2.45) is 0 Å². The summed E-state index contributed by atoms with van der Waals surface area (Å²) in [5, 5.41) is 0. The monoisotopic (exact) mass is 435 g/mol. The Hall–Kier alpha value is -2.80. The predicted octanol–water partition coefficient (Wildman–Crippen LogP) is 2.93. The van der Waals surface area contributed by atoms with Crippen LogP contribution in [0.15, 0.2) is 36.5 Å². The van der Waals surface area contributed by atoms with Crippen LogP contribution in [0.25, 0.3) is 6.08 Å². The molecule has 1 amide bonds. The van der Waals surface area contributed by atoms with Crippen LogP contribution >= 0.6 is 0 Å². The van der Waals surface area contributed by atoms with E-state index >= 15 is 0 Å². The lowest BCUT2D eigenvalue weighted by Crippen LogP contribution is -2.52. The molecule has 1 aromatic carbocycles. The van der Waals surface area contributed by atoms with Crippen molar-refractivity contribution < 1.29 is 9.18 Å². The van der Waals surface area contributed by atoms with Gasteiger partial charge in [0, 0.05) is 64.0 Å². The molecule has 0 unspecified atom stereocenters. The Kier molecular flexibility index (Phi) is 6.17. The number of nitrogens with zero attached hydrogens (tertiary/aromatic N) is 5. The molecule has 3 heterocycles. The molecular weight excluding hydrogens is 405 g/mol. The minimum Gasteiger partial charge on any atom is -0.338 e. The number of carbonyl (C=O) groups is 1. The van der Waals surface area contributed by atoms with Gasteiger partial charge in [-0.25, -0.2) is 14.4 Å². The molecule has 32 heavy (non-hydrogen) atoms. The lowest BCUT2D eigenvalue weighted by atomic mass is 9.91. The molecule has 0 bridgehead atoms. The third-order valence-electron chi connectivity index (χ3n) is 6.98. The zero-order valence-corrected chi connectivity index (χ0v) is 18.4. The predicted molar refractivity (Wildman–Crippen MR) is 123 cm³/mol. The first-order valence-corrected chi connectivity index (χ1v) is 11.7. The number of halogens is 1. The fraction of sp³-hybridized carbons (Fsp3) is 0.480. The van der Waals surface area contributed by atoms with E-state index in [1.165, 1.54) is 37.5 Å². The van der Waals surface area contributed by atoms with E-state index in [1.54, 1.807) is 18.2 Å². The number of aromatic nitrogens is 2. The van der Waals surface area contributed by atoms with Crippen molar-refractivity contribution in [3.05, 3.63) is 59.2 Å². The topological polar surface area (TPSA) is 52.6 Å². The summed E-state index contributed by atoms with van der Waals surface area (Å²) in [6, 6.07) is 7.04. The Morgan fingerprint density at radius 2 is 1.88 bits per heavy atom. The molecular formula is C25H30FN5O. The van der Waals surface area contributed by atoms with Crippen LogP contribution < -0.4 is 4.90 Å². The summed E-state index contributed by atoms with van der Waals surface area (Å²) in [6.07, 6.45) is 10.7. The normalized spacial score (nSPS) is 20.2. The van der Waals surface area contributed by atoms with Crippen molar-refractivity contribution in [2.45, 2.75) is 38.1 Å². The molecule has 5 rings (SSSR count). The molecule has 0 spiro atoms. The van der Waals surface area contributed by atoms with Gasteiger partial charge in [0.25, 0.3) is 0 Å². The van der Waals surface area contributed by atoms with Gasteiger partial charge in [0.2, 0.25) is 11.9 Å². The van der Waals surface area contributed by atoms with E-state index in [4.69, 9.17) is 4.98 Å². The van der Waals surface area contributed by atoms with Crippen LogP contribution in [0.3, 0.4) is 0 Å². The van der Waals surface area contributed by atoms with Gasteiger partial charge in [0.05, 0.1) is 5.69 Å². The lowest BCUT2D eigenvalue weighted by Gasteiger charge is -2.43. The number of anilines is 1. The first-order valence-electron chi connectivity index (χ1n) is 11.7. The Morgan fingerprint density at radius 1 is 1.06 bits per heavy atom. The maximum atomic E-state index is 13.3. The van der Waals surface area contributed by atoms with Crippen LogP contribution in [0, 0.1) is 5.82 Å². The van der Waals surface area contributed by atoms with Crippen LogP contribution in [-0.4, -0.2) is 71.0 Å². The average molecular weight is 436 g/mol. The van der Waals surface area contributed by atoms with Gasteiger partial charge in [-0.1, -0.05) is 18.6 Å². The third-order valence-corrected chi connectivity index (χ3v) is 6.98. The van der Waals surface area contributed by atoms with Gasteiger partial charge in [-0.15, -0.1) is 0 Å². The average Bonchev–Trinajstić information content (AvgIpc) is 2.99. The first kappa shape index (κ1) is 21.1. The maximum absolute atomic E-state index is 13.3. The van der Waals surface area contributed by atoms with Crippen molar-refractivity contribution in [3.63, 3.8) is 0 Å². The second kappa shape index (κ2) is 9.36. The minimum atomic E-state index is -0.302. The molecule has 3 aliphatic rings. The summed E-state index contributed by atoms with van der Waals surface area (Å²) < 4.78 is 13.3. The van der Waals surface area contributed by atoms with Gasteiger partial charge >= 0.3 is 0 Å². The molecule has 2 aliphatic heterocycles. The van der Waals surface area contributed by atoms with Gasteiger partial charge < -0.3 is 9.80 Å². The van der Waals surface area contributed by atoms with Gasteiger partial charge in [-0.3, -0.25) is 9.69 Å². The molecule has 0 atom stereocenters. The maximum Gasteiger partial charge on any atom is 0.246 e. The second-order valence-electron chi connectivity index (χ2n) is 8.96. The zero-order chi connectivity index (χ0) is 21.9. The van der Waals surface area contributed by atoms with Crippen molar-refractivity contribution >= 4 is 17.9 Å². The van der Waals surface area contributed by atoms with E-state index in [-0.39, 0.29) is 11.7 Å². The second-order valence-corrected chi connectivity index (χ2v) is 8.96. The molecule has 2 fully saturated rings. The van der Waals surface area contributed by atoms with Crippen molar-refractivity contribution in [1.29, 1.82) is 0 Å². The summed E-state index contributed by atoms with van der Waals surface area (Å²) >= 11 is 0. The third kappa shape index (κ3) is 4.67. The van der Waals surface area contributed by atoms with E-state index in [1.807, 2.05) is 11.1 Å². The Morgan fingerprint density at radius 3 is 2.62 bits per heavy atom. The van der Waals surface area contributed by atoms with Crippen LogP contribution in [0.5, 0.6) is 0 Å². The van der Waals surface area contributed by atoms with Crippen LogP contribution in [0.1, 0.15) is 36.1 Å². The Labute approximate surface area is 188 Å². The highest BCUT2D eigenvalue weighted by molar-refractivity contribution is 5.91. The SMILES string of the molecule is O=C(C=Cc1cccc(F)c1)N1CCc2cnc(N3CCN(C4CCC4)CC3)nc2CC1. The number of carbonyl (C=O) groups excluding carboxylic acids is 1. The molecule has 1 saturated heterocycles. The molecule has 7 heteroatoms. The van der Waals surface area contributed by atoms with E-state index < -0.39 is 0 Å². The van der Waals surface area contributed by atoms with E-state index in [0.717, 1.165) is 62.3 Å². The highest BCUT2D eigenvalue weighted by Gasteiger charge is 2.29. The van der Waals surface area contributed by atoms with E-state index in [2.05, 4.69) is 14.8 Å². The van der Waals surface area contributed by atoms with Crippen molar-refractivity contribution in [1.82, 2.24) is 19.8 Å². The molecule has 0 N–H and O–H groups in total. The van der Waals surface area contributed by atoms with Gasteiger partial charge in [-0.2, -0.15) is 0 Å². The van der Waals surface area contributed by atoms with E-state index in [0.29, 0.717) is 18.7 Å². The molecule has 0 radical (unpaired) electrons. The highest BCUT2D eigenvalue weighted by atomic mass is 19.1. The number of rotatable bonds is 4. The highest BCUT2D eigenvalue weighted by Crippen LogP contribution is 2.26. The fourth-order valence-electron chi connectivity index (χ4n) is 4.76. The quantitative estimate of drug-likeness (QED) is 0.692. The van der Waals surface area contributed by atoms with Gasteiger partial charge in [0.15, 0.2) is 0 Å². The van der Waals surface area contributed by atoms with Crippen molar-refractivity contribution in [3.8, 4) is 0 Å². The fourth-order valence-corrected chi connectivity index (χ4v) is 4.76. The lowest BCUT2D eigenvalue weighted by molar-refractivity contribution is -0.125. The number of piperazine rings is 1. The van der Waals surface area contributed by atoms with Crippen molar-refractivity contribution in [2.75, 3.05) is 44.2 Å². The first-order chi connectivity index (χ1) is 15.7. The number of benzene rings is 1. The van der Waals surface area contributed by atoms with E-state index in [9.17, 15) is 9.18 Å². The largest absolute Gasteiger partial charge is 0.338 e. The number of hydrogen-bond donors (Lipinski definition) is 0. The molecule has 2 aromatic rings. The Bertz CT molecular complexity index is 998. The van der Waals surface area contributed by atoms with Crippen LogP contribution in [0.2, 0.25) is 0 Å². The summed E-state index contributed by atoms with van der Waals surface area (Å²) in [4.78, 5) is 29.0. The molecule has 168 valence electrons.